The number of hydrogen-bond acceptors (Lipinski definition) is 3. The molecule has 0 aromatic heterocycles. The maximum absolute atomic E-state index is 4.35. The molecule has 92 valence electrons. The van der Waals surface area contributed by atoms with Crippen LogP contribution in [-0.4, -0.2) is 55.8 Å². The van der Waals surface area contributed by atoms with Crippen molar-refractivity contribution in [3.05, 3.63) is 0 Å². The van der Waals surface area contributed by atoms with E-state index in [0.717, 1.165) is 18.2 Å². The summed E-state index contributed by atoms with van der Waals surface area (Å²) in [5, 5.41) is 0. The fraction of sp³-hybridized carbons (Fsp3) is 1.00. The SMILES string of the molecule is CC(C)CN(CCN(C)C)CC(C)CS. The van der Waals surface area contributed by atoms with E-state index in [1.165, 1.54) is 19.6 Å². The molecule has 15 heavy (non-hydrogen) atoms. The molecular formula is C12H28N2S. The van der Waals surface area contributed by atoms with E-state index in [4.69, 9.17) is 0 Å². The van der Waals surface area contributed by atoms with Gasteiger partial charge in [0.05, 0.1) is 0 Å². The molecule has 1 atom stereocenters. The predicted octanol–water partition coefficient (Wildman–Crippen LogP) is 2.07. The third-order valence-corrected chi connectivity index (χ3v) is 2.99. The monoisotopic (exact) mass is 232 g/mol. The highest BCUT2D eigenvalue weighted by Gasteiger charge is 2.10. The Balaban J connectivity index is 3.94. The summed E-state index contributed by atoms with van der Waals surface area (Å²) in [6.45, 7) is 11.5. The Morgan fingerprint density at radius 2 is 1.60 bits per heavy atom. The smallest absolute Gasteiger partial charge is 0.0109 e. The van der Waals surface area contributed by atoms with Crippen molar-refractivity contribution in [3.63, 3.8) is 0 Å². The number of thiol groups is 1. The molecule has 0 aliphatic heterocycles. The molecule has 0 aliphatic rings. The average molecular weight is 232 g/mol. The molecule has 3 heteroatoms. The quantitative estimate of drug-likeness (QED) is 0.640. The van der Waals surface area contributed by atoms with Gasteiger partial charge in [0.1, 0.15) is 0 Å². The summed E-state index contributed by atoms with van der Waals surface area (Å²) in [6, 6.07) is 0. The van der Waals surface area contributed by atoms with Gasteiger partial charge in [-0.25, -0.2) is 0 Å². The first-order valence-corrected chi connectivity index (χ1v) is 6.56. The molecule has 0 saturated carbocycles. The van der Waals surface area contributed by atoms with Crippen molar-refractivity contribution < 1.29 is 0 Å². The molecule has 0 saturated heterocycles. The second-order valence-corrected chi connectivity index (χ2v) is 5.61. The minimum absolute atomic E-state index is 0.689. The highest BCUT2D eigenvalue weighted by Crippen LogP contribution is 2.05. The van der Waals surface area contributed by atoms with Crippen molar-refractivity contribution in [2.75, 3.05) is 46.0 Å². The fourth-order valence-corrected chi connectivity index (χ4v) is 1.73. The number of hydrogen-bond donors (Lipinski definition) is 1. The van der Waals surface area contributed by atoms with Gasteiger partial charge in [-0.2, -0.15) is 12.6 Å². The van der Waals surface area contributed by atoms with Crippen LogP contribution in [0.1, 0.15) is 20.8 Å². The molecule has 0 aromatic carbocycles. The van der Waals surface area contributed by atoms with Gasteiger partial charge in [-0.1, -0.05) is 20.8 Å². The van der Waals surface area contributed by atoms with Crippen LogP contribution < -0.4 is 0 Å². The zero-order chi connectivity index (χ0) is 11.8. The predicted molar refractivity (Wildman–Crippen MR) is 72.8 cm³/mol. The first-order chi connectivity index (χ1) is 6.95. The Kier molecular flexibility index (Phi) is 8.58. The van der Waals surface area contributed by atoms with Gasteiger partial charge in [0.15, 0.2) is 0 Å². The second kappa shape index (κ2) is 8.43. The van der Waals surface area contributed by atoms with Gasteiger partial charge in [-0.3, -0.25) is 0 Å². The van der Waals surface area contributed by atoms with Crippen LogP contribution in [-0.2, 0) is 0 Å². The molecule has 0 amide bonds. The van der Waals surface area contributed by atoms with E-state index < -0.39 is 0 Å². The lowest BCUT2D eigenvalue weighted by Crippen LogP contribution is -2.37. The lowest BCUT2D eigenvalue weighted by atomic mass is 10.1. The van der Waals surface area contributed by atoms with Gasteiger partial charge in [-0.05, 0) is 31.7 Å². The van der Waals surface area contributed by atoms with Gasteiger partial charge in [0.25, 0.3) is 0 Å². The molecule has 0 radical (unpaired) electrons. The topological polar surface area (TPSA) is 6.48 Å². The Morgan fingerprint density at radius 3 is 2.00 bits per heavy atom. The molecule has 0 heterocycles. The number of nitrogens with zero attached hydrogens (tertiary/aromatic N) is 2. The summed E-state index contributed by atoms with van der Waals surface area (Å²) in [5.74, 6) is 2.42. The number of likely N-dealkylation sites (N-methyl/N-ethyl adjacent to an activating group) is 1. The largest absolute Gasteiger partial charge is 0.308 e. The molecule has 0 bridgehead atoms. The van der Waals surface area contributed by atoms with Gasteiger partial charge in [0, 0.05) is 26.2 Å². The Labute approximate surface area is 101 Å². The Bertz CT molecular complexity index is 149. The third kappa shape index (κ3) is 9.21. The van der Waals surface area contributed by atoms with Crippen molar-refractivity contribution in [2.24, 2.45) is 11.8 Å². The van der Waals surface area contributed by atoms with Crippen LogP contribution in [0.3, 0.4) is 0 Å². The van der Waals surface area contributed by atoms with E-state index in [0.29, 0.717) is 5.92 Å². The molecule has 0 fully saturated rings. The van der Waals surface area contributed by atoms with E-state index in [1.807, 2.05) is 0 Å². The van der Waals surface area contributed by atoms with Crippen LogP contribution in [0.4, 0.5) is 0 Å². The number of rotatable bonds is 8. The van der Waals surface area contributed by atoms with Crippen LogP contribution in [0, 0.1) is 11.8 Å². The van der Waals surface area contributed by atoms with Crippen molar-refractivity contribution in [3.8, 4) is 0 Å². The molecule has 0 aromatic rings. The lowest BCUT2D eigenvalue weighted by Gasteiger charge is -2.28. The van der Waals surface area contributed by atoms with Crippen LogP contribution in [0.5, 0.6) is 0 Å². The normalized spacial score (nSPS) is 14.2. The molecule has 2 nitrogen and oxygen atoms in total. The van der Waals surface area contributed by atoms with Crippen molar-refractivity contribution in [2.45, 2.75) is 20.8 Å². The summed E-state index contributed by atoms with van der Waals surface area (Å²) in [6.07, 6.45) is 0. The molecular weight excluding hydrogens is 204 g/mol. The molecule has 0 rings (SSSR count). The van der Waals surface area contributed by atoms with Crippen LogP contribution in [0.15, 0.2) is 0 Å². The van der Waals surface area contributed by atoms with E-state index in [-0.39, 0.29) is 0 Å². The Hall–Kier alpha value is 0.270. The molecule has 0 N–H and O–H groups in total. The standard InChI is InChI=1S/C12H28N2S/c1-11(2)8-14(7-6-13(4)5)9-12(3)10-15/h11-12,15H,6-10H2,1-5H3. The van der Waals surface area contributed by atoms with Crippen molar-refractivity contribution in [1.82, 2.24) is 9.80 Å². The van der Waals surface area contributed by atoms with Gasteiger partial charge in [0.2, 0.25) is 0 Å². The van der Waals surface area contributed by atoms with Crippen molar-refractivity contribution >= 4 is 12.6 Å². The van der Waals surface area contributed by atoms with Gasteiger partial charge >= 0.3 is 0 Å². The lowest BCUT2D eigenvalue weighted by molar-refractivity contribution is 0.200. The van der Waals surface area contributed by atoms with Gasteiger partial charge < -0.3 is 9.80 Å². The van der Waals surface area contributed by atoms with E-state index >= 15 is 0 Å². The maximum Gasteiger partial charge on any atom is 0.0109 e. The zero-order valence-electron chi connectivity index (χ0n) is 11.0. The van der Waals surface area contributed by atoms with Crippen LogP contribution in [0.25, 0.3) is 0 Å². The summed E-state index contributed by atoms with van der Waals surface area (Å²) in [5.41, 5.74) is 0. The Morgan fingerprint density at radius 1 is 1.00 bits per heavy atom. The molecule has 1 unspecified atom stereocenters. The molecule has 0 spiro atoms. The minimum Gasteiger partial charge on any atom is -0.308 e. The second-order valence-electron chi connectivity index (χ2n) is 5.24. The summed E-state index contributed by atoms with van der Waals surface area (Å²) in [4.78, 5) is 4.81. The van der Waals surface area contributed by atoms with E-state index in [9.17, 15) is 0 Å². The zero-order valence-corrected chi connectivity index (χ0v) is 11.9. The third-order valence-electron chi connectivity index (χ3n) is 2.37. The van der Waals surface area contributed by atoms with Crippen molar-refractivity contribution in [1.29, 1.82) is 0 Å². The first kappa shape index (κ1) is 15.3. The summed E-state index contributed by atoms with van der Waals surface area (Å²) >= 11 is 4.35. The summed E-state index contributed by atoms with van der Waals surface area (Å²) < 4.78 is 0. The highest BCUT2D eigenvalue weighted by molar-refractivity contribution is 7.80. The average Bonchev–Trinajstić information content (AvgIpc) is 2.13. The fourth-order valence-electron chi connectivity index (χ4n) is 1.61. The van der Waals surface area contributed by atoms with E-state index in [2.05, 4.69) is 57.3 Å². The van der Waals surface area contributed by atoms with Gasteiger partial charge in [-0.15, -0.1) is 0 Å². The van der Waals surface area contributed by atoms with E-state index in [1.54, 1.807) is 0 Å². The van der Waals surface area contributed by atoms with Crippen LogP contribution in [0.2, 0.25) is 0 Å². The summed E-state index contributed by atoms with van der Waals surface area (Å²) in [7, 11) is 4.27. The molecule has 0 aliphatic carbocycles. The van der Waals surface area contributed by atoms with Crippen LogP contribution >= 0.6 is 12.6 Å². The minimum atomic E-state index is 0.689. The maximum atomic E-state index is 4.35. The first-order valence-electron chi connectivity index (χ1n) is 5.93. The highest BCUT2D eigenvalue weighted by atomic mass is 32.1.